The van der Waals surface area contributed by atoms with Crippen molar-refractivity contribution < 1.29 is 9.21 Å². The number of hydrogen-bond acceptors (Lipinski definition) is 7. The van der Waals surface area contributed by atoms with Gasteiger partial charge in [-0.15, -0.1) is 21.5 Å². The van der Waals surface area contributed by atoms with Gasteiger partial charge < -0.3 is 9.32 Å². The Kier molecular flexibility index (Phi) is 4.98. The van der Waals surface area contributed by atoms with E-state index in [4.69, 9.17) is 4.42 Å². The van der Waals surface area contributed by atoms with E-state index in [9.17, 15) is 4.79 Å². The second kappa shape index (κ2) is 7.56. The summed E-state index contributed by atoms with van der Waals surface area (Å²) < 4.78 is 5.82. The Bertz CT molecular complexity index is 926. The standard InChI is InChI=1S/C19H21N5O2S/c1-3-15-8-14(11-27-15)19(25)24-6-4-13(5-7-24)17-22-23-18(26-17)16-10-20-12(2)9-21-16/h8-11,13H,3-7H2,1-2H3. The van der Waals surface area contributed by atoms with E-state index in [1.165, 1.54) is 4.88 Å². The number of carbonyl (C=O) groups excluding carboxylic acids is 1. The molecule has 4 heterocycles. The summed E-state index contributed by atoms with van der Waals surface area (Å²) in [6, 6.07) is 2.01. The minimum absolute atomic E-state index is 0.116. The number of aromatic nitrogens is 4. The van der Waals surface area contributed by atoms with Gasteiger partial charge in [-0.05, 0) is 32.3 Å². The summed E-state index contributed by atoms with van der Waals surface area (Å²) in [4.78, 5) is 24.3. The fourth-order valence-electron chi connectivity index (χ4n) is 3.20. The molecule has 0 N–H and O–H groups in total. The minimum atomic E-state index is 0.116. The number of rotatable bonds is 4. The van der Waals surface area contributed by atoms with Gasteiger partial charge in [-0.1, -0.05) is 6.92 Å². The van der Waals surface area contributed by atoms with Gasteiger partial charge in [-0.25, -0.2) is 4.98 Å². The molecule has 140 valence electrons. The van der Waals surface area contributed by atoms with E-state index in [-0.39, 0.29) is 11.8 Å². The van der Waals surface area contributed by atoms with Crippen molar-refractivity contribution in [3.8, 4) is 11.6 Å². The second-order valence-corrected chi connectivity index (χ2v) is 7.71. The van der Waals surface area contributed by atoms with Gasteiger partial charge in [0.15, 0.2) is 0 Å². The molecule has 3 aromatic heterocycles. The maximum atomic E-state index is 12.7. The number of amides is 1. The van der Waals surface area contributed by atoms with Crippen LogP contribution in [0.3, 0.4) is 0 Å². The van der Waals surface area contributed by atoms with Crippen LogP contribution in [-0.4, -0.2) is 44.1 Å². The summed E-state index contributed by atoms with van der Waals surface area (Å²) in [6.45, 7) is 5.38. The fourth-order valence-corrected chi connectivity index (χ4v) is 4.01. The Morgan fingerprint density at radius 1 is 1.26 bits per heavy atom. The maximum Gasteiger partial charge on any atom is 0.267 e. The first kappa shape index (κ1) is 17.8. The predicted octanol–water partition coefficient (Wildman–Crippen LogP) is 3.48. The van der Waals surface area contributed by atoms with Crippen LogP contribution in [-0.2, 0) is 6.42 Å². The van der Waals surface area contributed by atoms with Crippen molar-refractivity contribution in [3.63, 3.8) is 0 Å². The third kappa shape index (κ3) is 3.75. The molecular weight excluding hydrogens is 362 g/mol. The van der Waals surface area contributed by atoms with E-state index < -0.39 is 0 Å². The topological polar surface area (TPSA) is 85.0 Å². The summed E-state index contributed by atoms with van der Waals surface area (Å²) in [7, 11) is 0. The highest BCUT2D eigenvalue weighted by Crippen LogP contribution is 2.29. The Balaban J connectivity index is 1.39. The third-order valence-electron chi connectivity index (χ3n) is 4.82. The molecule has 3 aromatic rings. The normalized spacial score (nSPS) is 15.3. The monoisotopic (exact) mass is 383 g/mol. The van der Waals surface area contributed by atoms with E-state index in [2.05, 4.69) is 27.1 Å². The Morgan fingerprint density at radius 2 is 2.07 bits per heavy atom. The van der Waals surface area contributed by atoms with Gasteiger partial charge in [0.25, 0.3) is 11.8 Å². The molecule has 0 aliphatic carbocycles. The SMILES string of the molecule is CCc1cc(C(=O)N2CCC(c3nnc(-c4cnc(C)cn4)o3)CC2)cs1. The lowest BCUT2D eigenvalue weighted by Crippen LogP contribution is -2.37. The van der Waals surface area contributed by atoms with Gasteiger partial charge in [0, 0.05) is 35.5 Å². The molecule has 0 bridgehead atoms. The number of likely N-dealkylation sites (tertiary alicyclic amines) is 1. The molecule has 1 aliphatic rings. The van der Waals surface area contributed by atoms with Crippen LogP contribution in [0.15, 0.2) is 28.3 Å². The number of hydrogen-bond donors (Lipinski definition) is 0. The lowest BCUT2D eigenvalue weighted by molar-refractivity contribution is 0.0707. The van der Waals surface area contributed by atoms with Crippen LogP contribution in [0.4, 0.5) is 0 Å². The Labute approximate surface area is 161 Å². The van der Waals surface area contributed by atoms with Crippen molar-refractivity contribution in [3.05, 3.63) is 45.9 Å². The quantitative estimate of drug-likeness (QED) is 0.686. The summed E-state index contributed by atoms with van der Waals surface area (Å²) in [5, 5.41) is 10.3. The van der Waals surface area contributed by atoms with Crippen molar-refractivity contribution >= 4 is 17.2 Å². The smallest absolute Gasteiger partial charge is 0.267 e. The highest BCUT2D eigenvalue weighted by molar-refractivity contribution is 7.10. The second-order valence-electron chi connectivity index (χ2n) is 6.71. The summed E-state index contributed by atoms with van der Waals surface area (Å²) in [5.41, 5.74) is 2.22. The molecule has 7 nitrogen and oxygen atoms in total. The highest BCUT2D eigenvalue weighted by atomic mass is 32.1. The van der Waals surface area contributed by atoms with Gasteiger partial charge in [0.05, 0.1) is 17.5 Å². The molecular formula is C19H21N5O2S. The van der Waals surface area contributed by atoms with Crippen molar-refractivity contribution in [2.24, 2.45) is 0 Å². The lowest BCUT2D eigenvalue weighted by Gasteiger charge is -2.30. The number of carbonyl (C=O) groups is 1. The molecule has 0 radical (unpaired) electrons. The molecule has 0 aromatic carbocycles. The van der Waals surface area contributed by atoms with Crippen LogP contribution < -0.4 is 0 Å². The summed E-state index contributed by atoms with van der Waals surface area (Å²) in [6.07, 6.45) is 5.91. The number of nitrogens with zero attached hydrogens (tertiary/aromatic N) is 5. The van der Waals surface area contributed by atoms with E-state index in [1.807, 2.05) is 23.3 Å². The van der Waals surface area contributed by atoms with Crippen LogP contribution in [0.25, 0.3) is 11.6 Å². The minimum Gasteiger partial charge on any atom is -0.419 e. The van der Waals surface area contributed by atoms with Crippen LogP contribution in [0, 0.1) is 6.92 Å². The van der Waals surface area contributed by atoms with E-state index in [0.717, 1.165) is 30.5 Å². The van der Waals surface area contributed by atoms with Crippen molar-refractivity contribution in [1.82, 2.24) is 25.1 Å². The maximum absolute atomic E-state index is 12.7. The first-order valence-corrected chi connectivity index (χ1v) is 10.0. The molecule has 4 rings (SSSR count). The predicted molar refractivity (Wildman–Crippen MR) is 102 cm³/mol. The van der Waals surface area contributed by atoms with Crippen LogP contribution in [0.1, 0.15) is 52.5 Å². The molecule has 0 spiro atoms. The molecule has 0 atom stereocenters. The number of aryl methyl sites for hydroxylation is 2. The molecule has 1 saturated heterocycles. The molecule has 1 fully saturated rings. The van der Waals surface area contributed by atoms with Crippen LogP contribution >= 0.6 is 11.3 Å². The van der Waals surface area contributed by atoms with Gasteiger partial charge in [0.1, 0.15) is 5.69 Å². The van der Waals surface area contributed by atoms with Crippen molar-refractivity contribution in [2.45, 2.75) is 39.0 Å². The Hall–Kier alpha value is -2.61. The average Bonchev–Trinajstić information content (AvgIpc) is 3.38. The zero-order valence-corrected chi connectivity index (χ0v) is 16.2. The van der Waals surface area contributed by atoms with Gasteiger partial charge >= 0.3 is 0 Å². The number of thiophene rings is 1. The Morgan fingerprint density at radius 3 is 2.74 bits per heavy atom. The fraction of sp³-hybridized carbons (Fsp3) is 0.421. The molecule has 27 heavy (non-hydrogen) atoms. The summed E-state index contributed by atoms with van der Waals surface area (Å²) in [5.74, 6) is 1.29. The lowest BCUT2D eigenvalue weighted by atomic mass is 9.96. The van der Waals surface area contributed by atoms with Crippen LogP contribution in [0.2, 0.25) is 0 Å². The number of piperidine rings is 1. The summed E-state index contributed by atoms with van der Waals surface area (Å²) >= 11 is 1.65. The largest absolute Gasteiger partial charge is 0.419 e. The highest BCUT2D eigenvalue weighted by Gasteiger charge is 2.28. The van der Waals surface area contributed by atoms with Crippen molar-refractivity contribution in [2.75, 3.05) is 13.1 Å². The van der Waals surface area contributed by atoms with Gasteiger partial charge in [0.2, 0.25) is 5.89 Å². The first-order chi connectivity index (χ1) is 13.1. The van der Waals surface area contributed by atoms with E-state index in [0.29, 0.717) is 30.6 Å². The molecule has 0 saturated carbocycles. The van der Waals surface area contributed by atoms with Gasteiger partial charge in [-0.3, -0.25) is 9.78 Å². The van der Waals surface area contributed by atoms with Crippen LogP contribution in [0.5, 0.6) is 0 Å². The first-order valence-electron chi connectivity index (χ1n) is 9.13. The molecule has 8 heteroatoms. The van der Waals surface area contributed by atoms with E-state index in [1.54, 1.807) is 23.7 Å². The molecule has 1 amide bonds. The third-order valence-corrected chi connectivity index (χ3v) is 5.90. The zero-order chi connectivity index (χ0) is 18.8. The van der Waals surface area contributed by atoms with E-state index >= 15 is 0 Å². The average molecular weight is 383 g/mol. The van der Waals surface area contributed by atoms with Gasteiger partial charge in [-0.2, -0.15) is 0 Å². The zero-order valence-electron chi connectivity index (χ0n) is 15.4. The molecule has 1 aliphatic heterocycles. The van der Waals surface area contributed by atoms with Crippen molar-refractivity contribution in [1.29, 1.82) is 0 Å². The molecule has 0 unspecified atom stereocenters.